The van der Waals surface area contributed by atoms with Crippen LogP contribution in [0, 0.1) is 0 Å². The Morgan fingerprint density at radius 2 is 2.03 bits per heavy atom. The van der Waals surface area contributed by atoms with E-state index in [1.54, 1.807) is 13.2 Å². The van der Waals surface area contributed by atoms with Gasteiger partial charge in [-0.1, -0.05) is 41.6 Å². The highest BCUT2D eigenvalue weighted by Gasteiger charge is 2.26. The van der Waals surface area contributed by atoms with Crippen molar-refractivity contribution in [1.29, 1.82) is 0 Å². The summed E-state index contributed by atoms with van der Waals surface area (Å²) in [5.74, 6) is 0.846. The Hall–Kier alpha value is -2.19. The van der Waals surface area contributed by atoms with Crippen LogP contribution >= 0.6 is 0 Å². The van der Waals surface area contributed by atoms with Crippen molar-refractivity contribution in [3.63, 3.8) is 0 Å². The van der Waals surface area contributed by atoms with E-state index in [-0.39, 0.29) is 6.61 Å². The van der Waals surface area contributed by atoms with Gasteiger partial charge in [-0.05, 0) is 19.3 Å². The Kier molecular flexibility index (Phi) is 9.55. The van der Waals surface area contributed by atoms with E-state index in [0.29, 0.717) is 32.8 Å². The van der Waals surface area contributed by atoms with Gasteiger partial charge in [-0.15, -0.1) is 6.58 Å². The van der Waals surface area contributed by atoms with Crippen LogP contribution in [0.25, 0.3) is 11.3 Å². The Labute approximate surface area is 185 Å². The SMILES string of the molecule is C=CCOCC(O)CN(CCOC)Cc1c(-c2ccccc2)noc1N1CCCCC1. The molecule has 0 amide bonds. The van der Waals surface area contributed by atoms with E-state index in [1.165, 1.54) is 6.42 Å². The maximum Gasteiger partial charge on any atom is 0.232 e. The molecule has 2 aromatic rings. The molecule has 170 valence electrons. The smallest absolute Gasteiger partial charge is 0.232 e. The van der Waals surface area contributed by atoms with Crippen molar-refractivity contribution in [1.82, 2.24) is 10.1 Å². The lowest BCUT2D eigenvalue weighted by Crippen LogP contribution is -2.37. The summed E-state index contributed by atoms with van der Waals surface area (Å²) in [5.41, 5.74) is 2.95. The number of aromatic nitrogens is 1. The average molecular weight is 430 g/mol. The van der Waals surface area contributed by atoms with Gasteiger partial charge in [0.1, 0.15) is 5.69 Å². The second-order valence-electron chi connectivity index (χ2n) is 7.94. The molecule has 1 aromatic carbocycles. The third kappa shape index (κ3) is 6.90. The predicted molar refractivity (Wildman–Crippen MR) is 122 cm³/mol. The zero-order valence-electron chi connectivity index (χ0n) is 18.5. The molecule has 7 heteroatoms. The fourth-order valence-electron chi connectivity index (χ4n) is 3.93. The topological polar surface area (TPSA) is 71.2 Å². The number of hydrogen-bond acceptors (Lipinski definition) is 7. The van der Waals surface area contributed by atoms with Gasteiger partial charge >= 0.3 is 0 Å². The largest absolute Gasteiger partial charge is 0.389 e. The van der Waals surface area contributed by atoms with Crippen LogP contribution in [0.5, 0.6) is 0 Å². The van der Waals surface area contributed by atoms with Gasteiger partial charge in [0.15, 0.2) is 0 Å². The van der Waals surface area contributed by atoms with Gasteiger partial charge in [0.2, 0.25) is 5.88 Å². The lowest BCUT2D eigenvalue weighted by Gasteiger charge is -2.29. The van der Waals surface area contributed by atoms with E-state index in [2.05, 4.69) is 33.7 Å². The number of hydrogen-bond donors (Lipinski definition) is 1. The first-order valence-corrected chi connectivity index (χ1v) is 11.1. The normalized spacial score (nSPS) is 15.4. The van der Waals surface area contributed by atoms with Crippen molar-refractivity contribution in [2.45, 2.75) is 31.9 Å². The van der Waals surface area contributed by atoms with Crippen LogP contribution in [0.1, 0.15) is 24.8 Å². The van der Waals surface area contributed by atoms with E-state index >= 15 is 0 Å². The average Bonchev–Trinajstić information content (AvgIpc) is 3.22. The number of piperidine rings is 1. The zero-order chi connectivity index (χ0) is 21.9. The summed E-state index contributed by atoms with van der Waals surface area (Å²) >= 11 is 0. The summed E-state index contributed by atoms with van der Waals surface area (Å²) in [4.78, 5) is 4.48. The molecule has 2 heterocycles. The molecule has 0 saturated carbocycles. The standard InChI is InChI=1S/C24H35N3O4/c1-3-15-30-19-21(28)17-26(14-16-29-2)18-22-23(20-10-6-4-7-11-20)25-31-24(22)27-12-8-5-9-13-27/h3-4,6-7,10-11,21,28H,1,5,8-9,12-19H2,2H3. The molecular weight excluding hydrogens is 394 g/mol. The molecular formula is C24H35N3O4. The summed E-state index contributed by atoms with van der Waals surface area (Å²) in [6.07, 6.45) is 4.66. The predicted octanol–water partition coefficient (Wildman–Crippen LogP) is 3.34. The molecule has 1 N–H and O–H groups in total. The molecule has 1 atom stereocenters. The zero-order valence-corrected chi connectivity index (χ0v) is 18.5. The van der Waals surface area contributed by atoms with Gasteiger partial charge in [-0.2, -0.15) is 0 Å². The molecule has 1 unspecified atom stereocenters. The van der Waals surface area contributed by atoms with Crippen LogP contribution in [0.3, 0.4) is 0 Å². The number of methoxy groups -OCH3 is 1. The first-order chi connectivity index (χ1) is 15.2. The molecule has 31 heavy (non-hydrogen) atoms. The maximum atomic E-state index is 10.5. The fourth-order valence-corrected chi connectivity index (χ4v) is 3.93. The molecule has 1 aromatic heterocycles. The molecule has 7 nitrogen and oxygen atoms in total. The van der Waals surface area contributed by atoms with Crippen LogP contribution in [0.4, 0.5) is 5.88 Å². The summed E-state index contributed by atoms with van der Waals surface area (Å²) < 4.78 is 16.6. The Bertz CT molecular complexity index is 774. The molecule has 0 bridgehead atoms. The van der Waals surface area contributed by atoms with E-state index in [4.69, 9.17) is 14.0 Å². The van der Waals surface area contributed by atoms with Crippen molar-refractivity contribution in [2.24, 2.45) is 0 Å². The highest BCUT2D eigenvalue weighted by Crippen LogP contribution is 2.33. The van der Waals surface area contributed by atoms with E-state index in [1.807, 2.05) is 18.2 Å². The number of rotatable bonds is 13. The highest BCUT2D eigenvalue weighted by molar-refractivity contribution is 5.68. The Morgan fingerprint density at radius 3 is 2.74 bits per heavy atom. The summed E-state index contributed by atoms with van der Waals surface area (Å²) in [6, 6.07) is 10.1. The highest BCUT2D eigenvalue weighted by atomic mass is 16.5. The number of benzene rings is 1. The number of aliphatic hydroxyl groups excluding tert-OH is 1. The van der Waals surface area contributed by atoms with Gasteiger partial charge in [-0.25, -0.2) is 0 Å². The molecule has 1 fully saturated rings. The molecule has 0 spiro atoms. The second kappa shape index (κ2) is 12.6. The van der Waals surface area contributed by atoms with Gasteiger partial charge < -0.3 is 24.0 Å². The monoisotopic (exact) mass is 429 g/mol. The summed E-state index contributed by atoms with van der Waals surface area (Å²) in [7, 11) is 1.69. The number of nitrogens with zero attached hydrogens (tertiary/aromatic N) is 3. The van der Waals surface area contributed by atoms with Crippen molar-refractivity contribution in [2.75, 3.05) is 58.0 Å². The minimum Gasteiger partial charge on any atom is -0.389 e. The fraction of sp³-hybridized carbons (Fsp3) is 0.542. The summed E-state index contributed by atoms with van der Waals surface area (Å²) in [5, 5.41) is 14.9. The van der Waals surface area contributed by atoms with Gasteiger partial charge in [0, 0.05) is 45.4 Å². The van der Waals surface area contributed by atoms with Gasteiger partial charge in [0.05, 0.1) is 31.5 Å². The third-order valence-electron chi connectivity index (χ3n) is 5.47. The molecule has 1 saturated heterocycles. The van der Waals surface area contributed by atoms with Crippen molar-refractivity contribution in [3.8, 4) is 11.3 Å². The molecule has 1 aliphatic heterocycles. The van der Waals surface area contributed by atoms with Crippen LogP contribution in [-0.4, -0.2) is 74.4 Å². The van der Waals surface area contributed by atoms with E-state index < -0.39 is 6.10 Å². The second-order valence-corrected chi connectivity index (χ2v) is 7.94. The van der Waals surface area contributed by atoms with Crippen molar-refractivity contribution < 1.29 is 19.1 Å². The van der Waals surface area contributed by atoms with Crippen LogP contribution < -0.4 is 4.90 Å². The van der Waals surface area contributed by atoms with Gasteiger partial charge in [0.25, 0.3) is 0 Å². The van der Waals surface area contributed by atoms with E-state index in [9.17, 15) is 5.11 Å². The number of anilines is 1. The first-order valence-electron chi connectivity index (χ1n) is 11.1. The van der Waals surface area contributed by atoms with E-state index in [0.717, 1.165) is 48.6 Å². The van der Waals surface area contributed by atoms with Crippen LogP contribution in [0.15, 0.2) is 47.5 Å². The molecule has 0 radical (unpaired) electrons. The number of aliphatic hydroxyl groups is 1. The van der Waals surface area contributed by atoms with Crippen molar-refractivity contribution >= 4 is 5.88 Å². The summed E-state index contributed by atoms with van der Waals surface area (Å²) in [6.45, 7) is 8.65. The lowest BCUT2D eigenvalue weighted by atomic mass is 10.1. The molecule has 1 aliphatic rings. The molecule has 0 aliphatic carbocycles. The third-order valence-corrected chi connectivity index (χ3v) is 5.47. The quantitative estimate of drug-likeness (QED) is 0.387. The minimum atomic E-state index is -0.602. The number of ether oxygens (including phenoxy) is 2. The lowest BCUT2D eigenvalue weighted by molar-refractivity contribution is 0.0194. The maximum absolute atomic E-state index is 10.5. The van der Waals surface area contributed by atoms with Crippen molar-refractivity contribution in [3.05, 3.63) is 48.6 Å². The van der Waals surface area contributed by atoms with Crippen LogP contribution in [-0.2, 0) is 16.0 Å². The molecule has 3 rings (SSSR count). The Morgan fingerprint density at radius 1 is 1.26 bits per heavy atom. The first kappa shape index (κ1) is 23.5. The minimum absolute atomic E-state index is 0.268. The van der Waals surface area contributed by atoms with Crippen LogP contribution in [0.2, 0.25) is 0 Å². The van der Waals surface area contributed by atoms with Gasteiger partial charge in [-0.3, -0.25) is 4.90 Å². The Balaban J connectivity index is 1.83.